The molecule has 3 aromatic heterocycles. The second-order valence-electron chi connectivity index (χ2n) is 9.18. The highest BCUT2D eigenvalue weighted by atomic mass is 35.5. The van der Waals surface area contributed by atoms with Gasteiger partial charge in [-0.15, -0.1) is 0 Å². The molecule has 0 radical (unpaired) electrons. The summed E-state index contributed by atoms with van der Waals surface area (Å²) in [4.78, 5) is 29.5. The Kier molecular flexibility index (Phi) is 6.76. The molecule has 0 atom stereocenters. The van der Waals surface area contributed by atoms with Gasteiger partial charge in [0.1, 0.15) is 23.5 Å². The smallest absolute Gasteiger partial charge is 0.322 e. The average Bonchev–Trinajstić information content (AvgIpc) is 3.20. The lowest BCUT2D eigenvalue weighted by molar-refractivity contribution is -0.112. The van der Waals surface area contributed by atoms with Crippen LogP contribution in [0.15, 0.2) is 67.1 Å². The molecule has 0 bridgehead atoms. The summed E-state index contributed by atoms with van der Waals surface area (Å²) in [6, 6.07) is 13.3. The molecule has 9 nitrogen and oxygen atoms in total. The lowest BCUT2D eigenvalue weighted by atomic mass is 9.96. The first-order chi connectivity index (χ1) is 18.7. The number of anilines is 2. The number of carbonyl (C=O) groups excluding carboxylic acids is 1. The van der Waals surface area contributed by atoms with Crippen LogP contribution in [0.25, 0.3) is 33.4 Å². The molecule has 0 saturated heterocycles. The molecule has 0 unspecified atom stereocenters. The number of aryl methyl sites for hydroxylation is 2. The van der Waals surface area contributed by atoms with Crippen molar-refractivity contribution in [2.45, 2.75) is 20.8 Å². The van der Waals surface area contributed by atoms with Gasteiger partial charge in [0.05, 0.1) is 21.8 Å². The molecule has 0 aliphatic heterocycles. The summed E-state index contributed by atoms with van der Waals surface area (Å²) in [7, 11) is 1.92. The number of nitrogens with one attached hydrogen (secondary N) is 1. The van der Waals surface area contributed by atoms with Gasteiger partial charge in [0.2, 0.25) is 0 Å². The van der Waals surface area contributed by atoms with Crippen molar-refractivity contribution in [1.82, 2.24) is 24.5 Å². The molecule has 0 aliphatic rings. The Labute approximate surface area is 230 Å². The Bertz CT molecular complexity index is 1760. The second-order valence-corrected chi connectivity index (χ2v) is 9.56. The van der Waals surface area contributed by atoms with Crippen LogP contribution in [0, 0.1) is 13.8 Å². The van der Waals surface area contributed by atoms with E-state index in [-0.39, 0.29) is 11.9 Å². The van der Waals surface area contributed by atoms with Gasteiger partial charge in [-0.3, -0.25) is 4.79 Å². The van der Waals surface area contributed by atoms with E-state index in [2.05, 4.69) is 31.8 Å². The van der Waals surface area contributed by atoms with Crippen LogP contribution in [0.4, 0.5) is 11.5 Å². The van der Waals surface area contributed by atoms with Crippen LogP contribution in [-0.2, 0) is 11.8 Å². The number of nitrogens with zero attached hydrogens (tertiary/aromatic N) is 5. The van der Waals surface area contributed by atoms with Gasteiger partial charge in [0.15, 0.2) is 0 Å². The number of hydrogen-bond acceptors (Lipinski definition) is 7. The highest BCUT2D eigenvalue weighted by molar-refractivity contribution is 6.35. The average molecular weight is 540 g/mol. The van der Waals surface area contributed by atoms with Crippen LogP contribution in [0.5, 0.6) is 11.8 Å². The zero-order valence-electron chi connectivity index (χ0n) is 21.9. The number of aromatic nitrogens is 5. The first-order valence-electron chi connectivity index (χ1n) is 12.1. The summed E-state index contributed by atoms with van der Waals surface area (Å²) in [6.45, 7) is 9.12. The maximum Gasteiger partial charge on any atom is 0.322 e. The Balaban J connectivity index is 1.64. The van der Waals surface area contributed by atoms with Crippen molar-refractivity contribution >= 4 is 40.0 Å². The number of nitrogen functional groups attached to an aromatic ring is 1. The van der Waals surface area contributed by atoms with E-state index >= 15 is 0 Å². The van der Waals surface area contributed by atoms with Crippen LogP contribution < -0.4 is 15.8 Å². The minimum absolute atomic E-state index is 0.273. The minimum Gasteiger partial charge on any atom is -0.424 e. The van der Waals surface area contributed by atoms with E-state index in [9.17, 15) is 4.79 Å². The predicted octanol–water partition coefficient (Wildman–Crippen LogP) is 6.25. The third-order valence-corrected chi connectivity index (χ3v) is 6.89. The summed E-state index contributed by atoms with van der Waals surface area (Å²) in [5.74, 6) is 0.655. The lowest BCUT2D eigenvalue weighted by Gasteiger charge is -2.16. The fraction of sp³-hybridized carbons (Fsp3) is 0.138. The van der Waals surface area contributed by atoms with Crippen molar-refractivity contribution in [1.29, 1.82) is 0 Å². The zero-order chi connectivity index (χ0) is 27.8. The fourth-order valence-corrected chi connectivity index (χ4v) is 4.62. The van der Waals surface area contributed by atoms with Crippen molar-refractivity contribution < 1.29 is 9.53 Å². The van der Waals surface area contributed by atoms with Crippen LogP contribution in [0.3, 0.4) is 0 Å². The Hall–Kier alpha value is -4.76. The SMILES string of the molecule is C=C(C)C(=O)Nc1ccc(-c2c(-c3ccc(Oc4nccc(C)n4)cc3)c3c(N)ncnc3n2C)c(C)c1Cl. The molecule has 0 spiro atoms. The zero-order valence-corrected chi connectivity index (χ0v) is 22.7. The highest BCUT2D eigenvalue weighted by Crippen LogP contribution is 2.44. The molecule has 10 heteroatoms. The fourth-order valence-electron chi connectivity index (χ4n) is 4.41. The number of hydrogen-bond donors (Lipinski definition) is 2. The Morgan fingerprint density at radius 2 is 1.82 bits per heavy atom. The number of ether oxygens (including phenoxy) is 1. The molecule has 196 valence electrons. The van der Waals surface area contributed by atoms with Gasteiger partial charge >= 0.3 is 6.01 Å². The molecular formula is C29H26ClN7O2. The van der Waals surface area contributed by atoms with Crippen molar-refractivity contribution in [3.63, 3.8) is 0 Å². The van der Waals surface area contributed by atoms with Gasteiger partial charge in [0, 0.05) is 35.6 Å². The van der Waals surface area contributed by atoms with Crippen LogP contribution in [-0.4, -0.2) is 30.4 Å². The normalized spacial score (nSPS) is 11.0. The molecule has 0 saturated carbocycles. The third kappa shape index (κ3) is 4.80. The summed E-state index contributed by atoms with van der Waals surface area (Å²) >= 11 is 6.75. The van der Waals surface area contributed by atoms with Crippen LogP contribution in [0.2, 0.25) is 5.02 Å². The van der Waals surface area contributed by atoms with E-state index in [4.69, 9.17) is 22.1 Å². The van der Waals surface area contributed by atoms with E-state index in [0.29, 0.717) is 33.5 Å². The van der Waals surface area contributed by atoms with E-state index in [0.717, 1.165) is 39.0 Å². The molecule has 5 rings (SSSR count). The number of nitrogens with two attached hydrogens (primary N) is 1. The van der Waals surface area contributed by atoms with Gasteiger partial charge in [-0.2, -0.15) is 0 Å². The summed E-state index contributed by atoms with van der Waals surface area (Å²) in [6.07, 6.45) is 3.10. The maximum atomic E-state index is 12.2. The molecule has 3 N–H and O–H groups in total. The highest BCUT2D eigenvalue weighted by Gasteiger charge is 2.24. The number of benzene rings is 2. The van der Waals surface area contributed by atoms with Crippen molar-refractivity contribution in [3.8, 4) is 34.1 Å². The maximum absolute atomic E-state index is 12.2. The Morgan fingerprint density at radius 3 is 2.51 bits per heavy atom. The predicted molar refractivity (Wildman–Crippen MR) is 154 cm³/mol. The number of rotatable bonds is 6. The number of amides is 1. The topological polar surface area (TPSA) is 121 Å². The van der Waals surface area contributed by atoms with Crippen molar-refractivity contribution in [3.05, 3.63) is 83.4 Å². The minimum atomic E-state index is -0.296. The van der Waals surface area contributed by atoms with Gasteiger partial charge in [-0.05, 0) is 56.2 Å². The lowest BCUT2D eigenvalue weighted by Crippen LogP contribution is -2.12. The van der Waals surface area contributed by atoms with Crippen LogP contribution in [0.1, 0.15) is 18.2 Å². The van der Waals surface area contributed by atoms with Gasteiger partial charge in [-0.25, -0.2) is 19.9 Å². The van der Waals surface area contributed by atoms with E-state index in [1.807, 2.05) is 55.8 Å². The Morgan fingerprint density at radius 1 is 1.08 bits per heavy atom. The second kappa shape index (κ2) is 10.2. The summed E-state index contributed by atoms with van der Waals surface area (Å²) < 4.78 is 7.81. The van der Waals surface area contributed by atoms with Gasteiger partial charge in [0.25, 0.3) is 5.91 Å². The summed E-state index contributed by atoms with van der Waals surface area (Å²) in [5, 5.41) is 3.96. The molecule has 5 aromatic rings. The van der Waals surface area contributed by atoms with Crippen molar-refractivity contribution in [2.24, 2.45) is 7.05 Å². The van der Waals surface area contributed by atoms with Crippen LogP contribution >= 0.6 is 11.6 Å². The molecule has 2 aromatic carbocycles. The summed E-state index contributed by atoms with van der Waals surface area (Å²) in [5.41, 5.74) is 13.0. The molecule has 1 amide bonds. The van der Waals surface area contributed by atoms with Gasteiger partial charge < -0.3 is 20.4 Å². The largest absolute Gasteiger partial charge is 0.424 e. The monoisotopic (exact) mass is 539 g/mol. The van der Waals surface area contributed by atoms with E-state index < -0.39 is 0 Å². The first kappa shape index (κ1) is 25.9. The molecule has 3 heterocycles. The van der Waals surface area contributed by atoms with E-state index in [1.54, 1.807) is 25.3 Å². The molecule has 39 heavy (non-hydrogen) atoms. The van der Waals surface area contributed by atoms with E-state index in [1.165, 1.54) is 6.33 Å². The molecule has 0 aliphatic carbocycles. The molecular weight excluding hydrogens is 514 g/mol. The number of carbonyl (C=O) groups is 1. The number of halogens is 1. The van der Waals surface area contributed by atoms with Gasteiger partial charge in [-0.1, -0.05) is 36.4 Å². The molecule has 0 fully saturated rings. The third-order valence-electron chi connectivity index (χ3n) is 6.40. The quantitative estimate of drug-likeness (QED) is 0.244. The van der Waals surface area contributed by atoms with Crippen molar-refractivity contribution in [2.75, 3.05) is 11.1 Å². The number of fused-ring (bicyclic) bond motifs is 1. The standard InChI is InChI=1S/C29H26ClN7O2/c1-15(2)28(38)36-21-11-10-20(17(4)24(21)30)25-22(23-26(31)33-14-34-27(23)37(25)5)18-6-8-19(9-7-18)39-29-32-13-12-16(3)35-29/h6-14H,1H2,2-5H3,(H,36,38)(H2,31,33,34). The first-order valence-corrected chi connectivity index (χ1v) is 12.5.